The lowest BCUT2D eigenvalue weighted by molar-refractivity contribution is 0.285. The normalized spacial score (nSPS) is 11.8. The quantitative estimate of drug-likeness (QED) is 0.116. The van der Waals surface area contributed by atoms with Crippen LogP contribution in [0.3, 0.4) is 0 Å². The molecule has 0 aliphatic carbocycles. The summed E-state index contributed by atoms with van der Waals surface area (Å²) in [7, 11) is -3.30. The maximum Gasteiger partial charge on any atom is 0.264 e. The third-order valence-corrected chi connectivity index (χ3v) is 5.69. The zero-order valence-corrected chi connectivity index (χ0v) is 18.6. The van der Waals surface area contributed by atoms with E-state index < -0.39 is 10.1 Å². The lowest BCUT2D eigenvalue weighted by Gasteiger charge is -2.17. The van der Waals surface area contributed by atoms with Gasteiger partial charge in [-0.25, -0.2) is 0 Å². The van der Waals surface area contributed by atoms with Gasteiger partial charge >= 0.3 is 0 Å². The highest BCUT2D eigenvalue weighted by molar-refractivity contribution is 7.85. The molecular formula is C23H44O3S. The average Bonchev–Trinajstić information content (AvgIpc) is 2.62. The smallest absolute Gasteiger partial charge is 0.264 e. The van der Waals surface area contributed by atoms with Crippen LogP contribution < -0.4 is 0 Å². The Labute approximate surface area is 169 Å². The highest BCUT2D eigenvalue weighted by atomic mass is 32.2. The standard InChI is InChI=1S/C23H44O3S/c1-4-6-8-10-12-14-16-19-23(21-18-22-26-27(3,24)25)20-17-15-13-11-9-7-5-2/h4-5,23H,1-2,6-22H2,3H3. The second kappa shape index (κ2) is 18.7. The molecule has 0 radical (unpaired) electrons. The summed E-state index contributed by atoms with van der Waals surface area (Å²) in [6, 6.07) is 0. The first-order valence-corrected chi connectivity index (χ1v) is 12.9. The van der Waals surface area contributed by atoms with Crippen LogP contribution >= 0.6 is 0 Å². The first kappa shape index (κ1) is 26.4. The number of rotatable bonds is 21. The van der Waals surface area contributed by atoms with Crippen LogP contribution in [-0.2, 0) is 14.3 Å². The van der Waals surface area contributed by atoms with Gasteiger partial charge in [-0.15, -0.1) is 13.2 Å². The van der Waals surface area contributed by atoms with Gasteiger partial charge in [0.15, 0.2) is 0 Å². The van der Waals surface area contributed by atoms with E-state index in [-0.39, 0.29) is 0 Å². The van der Waals surface area contributed by atoms with Crippen molar-refractivity contribution in [3.05, 3.63) is 25.3 Å². The monoisotopic (exact) mass is 400 g/mol. The second-order valence-corrected chi connectivity index (χ2v) is 9.45. The summed E-state index contributed by atoms with van der Waals surface area (Å²) in [5.74, 6) is 0.717. The summed E-state index contributed by atoms with van der Waals surface area (Å²) in [4.78, 5) is 0. The van der Waals surface area contributed by atoms with Crippen molar-refractivity contribution >= 4 is 10.1 Å². The highest BCUT2D eigenvalue weighted by Crippen LogP contribution is 2.23. The largest absolute Gasteiger partial charge is 0.270 e. The fraction of sp³-hybridized carbons (Fsp3) is 0.826. The lowest BCUT2D eigenvalue weighted by Crippen LogP contribution is -2.07. The van der Waals surface area contributed by atoms with Crippen LogP contribution in [0.1, 0.15) is 103 Å². The van der Waals surface area contributed by atoms with Gasteiger partial charge < -0.3 is 0 Å². The molecule has 0 aliphatic rings. The number of unbranched alkanes of at least 4 members (excludes halogenated alkanes) is 10. The van der Waals surface area contributed by atoms with Crippen molar-refractivity contribution in [3.63, 3.8) is 0 Å². The van der Waals surface area contributed by atoms with Crippen molar-refractivity contribution in [1.29, 1.82) is 0 Å². The molecule has 0 atom stereocenters. The Hall–Kier alpha value is -0.610. The lowest BCUT2D eigenvalue weighted by atomic mass is 9.90. The zero-order valence-electron chi connectivity index (χ0n) is 17.8. The Morgan fingerprint density at radius 1 is 0.704 bits per heavy atom. The second-order valence-electron chi connectivity index (χ2n) is 7.80. The number of hydrogen-bond donors (Lipinski definition) is 0. The molecule has 0 rings (SSSR count). The summed E-state index contributed by atoms with van der Waals surface area (Å²) in [6.45, 7) is 7.88. The molecule has 0 aromatic heterocycles. The van der Waals surface area contributed by atoms with Gasteiger partial charge in [-0.3, -0.25) is 4.18 Å². The molecule has 0 aromatic carbocycles. The minimum Gasteiger partial charge on any atom is -0.270 e. The Kier molecular flexibility index (Phi) is 18.3. The van der Waals surface area contributed by atoms with Gasteiger partial charge in [0, 0.05) is 0 Å². The van der Waals surface area contributed by atoms with Crippen LogP contribution in [0.4, 0.5) is 0 Å². The summed E-state index contributed by atoms with van der Waals surface area (Å²) in [5.41, 5.74) is 0. The third-order valence-electron chi connectivity index (χ3n) is 5.10. The summed E-state index contributed by atoms with van der Waals surface area (Å²) >= 11 is 0. The predicted octanol–water partition coefficient (Wildman–Crippen LogP) is 7.19. The molecule has 0 saturated heterocycles. The van der Waals surface area contributed by atoms with Crippen LogP contribution in [-0.4, -0.2) is 21.3 Å². The Morgan fingerprint density at radius 3 is 1.56 bits per heavy atom. The molecular weight excluding hydrogens is 356 g/mol. The fourth-order valence-electron chi connectivity index (χ4n) is 3.52. The van der Waals surface area contributed by atoms with E-state index in [2.05, 4.69) is 13.2 Å². The molecule has 0 spiro atoms. The molecule has 0 unspecified atom stereocenters. The van der Waals surface area contributed by atoms with Crippen molar-refractivity contribution in [2.24, 2.45) is 5.92 Å². The Bertz CT molecular complexity index is 421. The maximum atomic E-state index is 11.1. The van der Waals surface area contributed by atoms with Crippen molar-refractivity contribution in [3.8, 4) is 0 Å². The van der Waals surface area contributed by atoms with Gasteiger partial charge in [-0.1, -0.05) is 76.4 Å². The fourth-order valence-corrected chi connectivity index (χ4v) is 3.94. The van der Waals surface area contributed by atoms with E-state index in [1.165, 1.54) is 77.0 Å². The zero-order chi connectivity index (χ0) is 20.2. The SMILES string of the molecule is C=CCCCCCCCC(CCCCCCCC=C)CCCOS(C)(=O)=O. The molecule has 3 nitrogen and oxygen atoms in total. The topological polar surface area (TPSA) is 43.4 Å². The highest BCUT2D eigenvalue weighted by Gasteiger charge is 2.10. The molecule has 160 valence electrons. The minimum atomic E-state index is -3.30. The van der Waals surface area contributed by atoms with Crippen molar-refractivity contribution < 1.29 is 12.6 Å². The molecule has 4 heteroatoms. The average molecular weight is 401 g/mol. The van der Waals surface area contributed by atoms with Crippen LogP contribution in [0.5, 0.6) is 0 Å². The molecule has 0 amide bonds. The van der Waals surface area contributed by atoms with Crippen LogP contribution in [0.25, 0.3) is 0 Å². The van der Waals surface area contributed by atoms with Crippen molar-refractivity contribution in [2.45, 2.75) is 103 Å². The van der Waals surface area contributed by atoms with E-state index in [1.807, 2.05) is 12.2 Å². The van der Waals surface area contributed by atoms with Gasteiger partial charge in [0.1, 0.15) is 0 Å². The summed E-state index contributed by atoms with van der Waals surface area (Å²) < 4.78 is 27.1. The maximum absolute atomic E-state index is 11.1. The van der Waals surface area contributed by atoms with Gasteiger partial charge in [0.2, 0.25) is 0 Å². The van der Waals surface area contributed by atoms with Gasteiger partial charge in [0.25, 0.3) is 10.1 Å². The molecule has 0 fully saturated rings. The molecule has 0 aromatic rings. The first-order chi connectivity index (χ1) is 13.0. The van der Waals surface area contributed by atoms with Gasteiger partial charge in [0.05, 0.1) is 12.9 Å². The molecule has 0 bridgehead atoms. The van der Waals surface area contributed by atoms with E-state index >= 15 is 0 Å². The molecule has 0 heterocycles. The molecule has 0 aliphatic heterocycles. The van der Waals surface area contributed by atoms with Crippen LogP contribution in [0.15, 0.2) is 25.3 Å². The Balaban J connectivity index is 3.94. The molecule has 0 saturated carbocycles. The van der Waals surface area contributed by atoms with E-state index in [9.17, 15) is 8.42 Å². The van der Waals surface area contributed by atoms with Crippen molar-refractivity contribution in [1.82, 2.24) is 0 Å². The van der Waals surface area contributed by atoms with Gasteiger partial charge in [-0.2, -0.15) is 8.42 Å². The summed E-state index contributed by atoms with van der Waals surface area (Å²) in [6.07, 6.45) is 24.9. The number of hydrogen-bond acceptors (Lipinski definition) is 3. The summed E-state index contributed by atoms with van der Waals surface area (Å²) in [5, 5.41) is 0. The van der Waals surface area contributed by atoms with Gasteiger partial charge in [-0.05, 0) is 44.4 Å². The van der Waals surface area contributed by atoms with E-state index in [4.69, 9.17) is 4.18 Å². The molecule has 0 N–H and O–H groups in total. The van der Waals surface area contributed by atoms with Crippen LogP contribution in [0.2, 0.25) is 0 Å². The van der Waals surface area contributed by atoms with Crippen molar-refractivity contribution in [2.75, 3.05) is 12.9 Å². The van der Waals surface area contributed by atoms with E-state index in [0.717, 1.165) is 37.9 Å². The number of allylic oxidation sites excluding steroid dienone is 2. The third kappa shape index (κ3) is 21.5. The van der Waals surface area contributed by atoms with Crippen LogP contribution in [0, 0.1) is 5.92 Å². The van der Waals surface area contributed by atoms with E-state index in [0.29, 0.717) is 6.61 Å². The van der Waals surface area contributed by atoms with E-state index in [1.54, 1.807) is 0 Å². The molecule has 27 heavy (non-hydrogen) atoms. The Morgan fingerprint density at radius 2 is 1.11 bits per heavy atom. The minimum absolute atomic E-state index is 0.332. The predicted molar refractivity (Wildman–Crippen MR) is 119 cm³/mol. The first-order valence-electron chi connectivity index (χ1n) is 11.1.